The Kier molecular flexibility index (Phi) is 6.29. The molecule has 6 nitrogen and oxygen atoms in total. The summed E-state index contributed by atoms with van der Waals surface area (Å²) in [5.41, 5.74) is 0.703. The molecule has 0 N–H and O–H groups in total. The molecule has 2 aliphatic rings. The predicted octanol–water partition coefficient (Wildman–Crippen LogP) is 6.31. The van der Waals surface area contributed by atoms with E-state index in [4.69, 9.17) is 4.74 Å². The van der Waals surface area contributed by atoms with Crippen molar-refractivity contribution in [2.45, 2.75) is 39.8 Å². The first-order valence-electron chi connectivity index (χ1n) is 12.0. The van der Waals surface area contributed by atoms with Crippen LogP contribution in [0.15, 0.2) is 36.4 Å². The van der Waals surface area contributed by atoms with Gasteiger partial charge in [0.05, 0.1) is 29.5 Å². The van der Waals surface area contributed by atoms with E-state index in [1.807, 2.05) is 24.0 Å². The summed E-state index contributed by atoms with van der Waals surface area (Å²) in [5.74, 6) is 0.892. The molecule has 0 bridgehead atoms. The van der Waals surface area contributed by atoms with Crippen LogP contribution in [0.4, 0.5) is 33.5 Å². The number of alkyl halides is 3. The lowest BCUT2D eigenvalue weighted by Crippen LogP contribution is -2.38. The molecular weight excluding hydrogens is 493 g/mol. The highest BCUT2D eigenvalue weighted by molar-refractivity contribution is 5.94. The molecule has 0 unspecified atom stereocenters. The molecule has 0 atom stereocenters. The van der Waals surface area contributed by atoms with Gasteiger partial charge in [-0.2, -0.15) is 18.2 Å². The molecule has 2 aromatic carbocycles. The van der Waals surface area contributed by atoms with Crippen LogP contribution in [-0.2, 0) is 4.74 Å². The molecule has 1 aliphatic heterocycles. The molecule has 0 radical (unpaired) electrons. The number of nitrogens with zero attached hydrogens (tertiary/aromatic N) is 5. The van der Waals surface area contributed by atoms with Crippen LogP contribution in [0.5, 0.6) is 0 Å². The molecule has 2 aromatic heterocycles. The maximum absolute atomic E-state index is 15.1. The summed E-state index contributed by atoms with van der Waals surface area (Å²) in [7, 11) is 0. The van der Waals surface area contributed by atoms with Crippen molar-refractivity contribution in [2.24, 2.45) is 11.3 Å². The highest BCUT2D eigenvalue weighted by atomic mass is 19.4. The molecule has 196 valence electrons. The minimum Gasteiger partial charge on any atom is -0.381 e. The molecule has 1 saturated carbocycles. The highest BCUT2D eigenvalue weighted by Gasteiger charge is 2.59. The van der Waals surface area contributed by atoms with E-state index < -0.39 is 17.4 Å². The lowest BCUT2D eigenvalue weighted by molar-refractivity contribution is -0.181. The average molecular weight is 520 g/mol. The summed E-state index contributed by atoms with van der Waals surface area (Å²) in [6.07, 6.45) is -3.32. The molecule has 1 saturated heterocycles. The number of benzene rings is 2. The Hall–Kier alpha value is -3.34. The number of aryl methyl sites for hydroxylation is 2. The van der Waals surface area contributed by atoms with Crippen LogP contribution in [0.3, 0.4) is 0 Å². The fraction of sp³-hybridized carbons (Fsp3) is 0.423. The van der Waals surface area contributed by atoms with Crippen molar-refractivity contribution < 1.29 is 26.7 Å². The van der Waals surface area contributed by atoms with Crippen molar-refractivity contribution in [3.63, 3.8) is 0 Å². The zero-order valence-corrected chi connectivity index (χ0v) is 20.6. The fourth-order valence-corrected chi connectivity index (χ4v) is 4.28. The Morgan fingerprint density at radius 2 is 1.81 bits per heavy atom. The topological polar surface area (TPSA) is 55.5 Å². The molecular formula is C26H26F5N5O. The van der Waals surface area contributed by atoms with Crippen molar-refractivity contribution in [1.29, 1.82) is 0 Å². The maximum Gasteiger partial charge on any atom is 0.394 e. The van der Waals surface area contributed by atoms with E-state index in [0.717, 1.165) is 5.56 Å². The second-order valence-electron chi connectivity index (χ2n) is 10.0. The predicted molar refractivity (Wildman–Crippen MR) is 129 cm³/mol. The summed E-state index contributed by atoms with van der Waals surface area (Å²) >= 11 is 0. The number of fused-ring (bicyclic) bond motifs is 3. The van der Waals surface area contributed by atoms with Crippen molar-refractivity contribution in [3.05, 3.63) is 59.4 Å². The smallest absolute Gasteiger partial charge is 0.381 e. The molecule has 0 spiro atoms. The Bertz CT molecular complexity index is 1440. The van der Waals surface area contributed by atoms with Crippen LogP contribution >= 0.6 is 0 Å². The van der Waals surface area contributed by atoms with Gasteiger partial charge in [0.1, 0.15) is 23.3 Å². The quantitative estimate of drug-likeness (QED) is 0.296. The zero-order valence-electron chi connectivity index (χ0n) is 20.6. The largest absolute Gasteiger partial charge is 0.394 e. The third-order valence-electron chi connectivity index (χ3n) is 6.90. The van der Waals surface area contributed by atoms with Crippen LogP contribution in [0.2, 0.25) is 0 Å². The van der Waals surface area contributed by atoms with E-state index in [1.165, 1.54) is 25.1 Å². The Morgan fingerprint density at radius 1 is 1.08 bits per heavy atom. The van der Waals surface area contributed by atoms with Gasteiger partial charge in [0.15, 0.2) is 0 Å². The van der Waals surface area contributed by atoms with Crippen LogP contribution < -0.4 is 4.90 Å². The van der Waals surface area contributed by atoms with Gasteiger partial charge in [0.2, 0.25) is 0 Å². The highest BCUT2D eigenvalue weighted by Crippen LogP contribution is 2.56. The summed E-state index contributed by atoms with van der Waals surface area (Å²) in [6, 6.07) is 9.65. The van der Waals surface area contributed by atoms with E-state index in [-0.39, 0.29) is 11.7 Å². The van der Waals surface area contributed by atoms with Gasteiger partial charge in [-0.3, -0.25) is 4.40 Å². The van der Waals surface area contributed by atoms with E-state index in [9.17, 15) is 17.6 Å². The molecule has 3 heterocycles. The Labute approximate surface area is 210 Å². The van der Waals surface area contributed by atoms with Gasteiger partial charge >= 0.3 is 6.18 Å². The van der Waals surface area contributed by atoms with Gasteiger partial charge in [-0.25, -0.2) is 8.78 Å². The van der Waals surface area contributed by atoms with Crippen LogP contribution in [0, 0.1) is 36.8 Å². The minimum absolute atomic E-state index is 0.248. The Morgan fingerprint density at radius 3 is 2.38 bits per heavy atom. The van der Waals surface area contributed by atoms with Gasteiger partial charge in [-0.15, -0.1) is 10.2 Å². The third kappa shape index (κ3) is 4.84. The molecule has 0 amide bonds. The van der Waals surface area contributed by atoms with Crippen LogP contribution in [0.1, 0.15) is 31.2 Å². The Balaban J connectivity index is 0.000000301. The van der Waals surface area contributed by atoms with Gasteiger partial charge in [-0.05, 0) is 62.6 Å². The first kappa shape index (κ1) is 25.3. The lowest BCUT2D eigenvalue weighted by atomic mass is 10.1. The molecule has 4 aromatic rings. The average Bonchev–Trinajstić information content (AvgIpc) is 3.44. The van der Waals surface area contributed by atoms with E-state index >= 15 is 4.39 Å². The minimum atomic E-state index is -3.95. The zero-order chi connectivity index (χ0) is 26.5. The van der Waals surface area contributed by atoms with Crippen molar-refractivity contribution in [3.8, 4) is 0 Å². The molecule has 1 aliphatic carbocycles. The molecule has 6 rings (SSSR count). The van der Waals surface area contributed by atoms with E-state index in [0.29, 0.717) is 66.6 Å². The number of anilines is 2. The third-order valence-corrected chi connectivity index (χ3v) is 6.90. The number of rotatable bonds is 4. The summed E-state index contributed by atoms with van der Waals surface area (Å²) in [5, 5.41) is 8.58. The van der Waals surface area contributed by atoms with E-state index in [2.05, 4.69) is 15.2 Å². The summed E-state index contributed by atoms with van der Waals surface area (Å²) in [4.78, 5) is 6.50. The van der Waals surface area contributed by atoms with Gasteiger partial charge in [0.25, 0.3) is 5.78 Å². The van der Waals surface area contributed by atoms with E-state index in [1.54, 1.807) is 17.4 Å². The van der Waals surface area contributed by atoms with Crippen LogP contribution in [0.25, 0.3) is 16.7 Å². The van der Waals surface area contributed by atoms with Gasteiger partial charge in [0, 0.05) is 18.2 Å². The SMILES string of the molecule is CC1(C(F)(F)F)CC1.Cc1cc(F)cc(N(CC2COC2)c2nc3nnc(C)n3c3cccc(F)c23)c1. The number of ether oxygens (including phenoxy) is 1. The number of halogens is 5. The van der Waals surface area contributed by atoms with Gasteiger partial charge in [-0.1, -0.05) is 13.0 Å². The lowest BCUT2D eigenvalue weighted by Gasteiger charge is -2.34. The standard InChI is InChI=1S/C21H19F2N5O.C5H7F3/c1-12-6-15(22)8-16(7-12)27(9-14-10-29-11-14)20-19-17(23)4-3-5-18(19)28-13(2)25-26-21(28)24-20;1-4(2-3-4)5(6,7)8/h3-8,14H,9-11H2,1-2H3;2-3H2,1H3. The molecule has 11 heteroatoms. The number of aromatic nitrogens is 4. The summed E-state index contributed by atoms with van der Waals surface area (Å²) < 4.78 is 71.2. The normalized spacial score (nSPS) is 16.9. The second kappa shape index (κ2) is 9.20. The fourth-order valence-electron chi connectivity index (χ4n) is 4.28. The first-order chi connectivity index (χ1) is 17.5. The first-order valence-corrected chi connectivity index (χ1v) is 12.0. The second-order valence-corrected chi connectivity index (χ2v) is 10.0. The van der Waals surface area contributed by atoms with Crippen molar-refractivity contribution in [1.82, 2.24) is 19.6 Å². The number of hydrogen-bond donors (Lipinski definition) is 0. The molecule has 37 heavy (non-hydrogen) atoms. The van der Waals surface area contributed by atoms with Crippen molar-refractivity contribution >= 4 is 28.2 Å². The van der Waals surface area contributed by atoms with Gasteiger partial charge < -0.3 is 9.64 Å². The maximum atomic E-state index is 15.1. The monoisotopic (exact) mass is 519 g/mol. The van der Waals surface area contributed by atoms with Crippen LogP contribution in [-0.4, -0.2) is 45.5 Å². The molecule has 2 fully saturated rings. The number of hydrogen-bond acceptors (Lipinski definition) is 5. The van der Waals surface area contributed by atoms with Crippen molar-refractivity contribution in [2.75, 3.05) is 24.7 Å². The summed E-state index contributed by atoms with van der Waals surface area (Å²) in [6.45, 7) is 6.63.